The second kappa shape index (κ2) is 5.25. The zero-order valence-corrected chi connectivity index (χ0v) is 8.37. The lowest BCUT2D eigenvalue weighted by atomic mass is 10.3. The predicted octanol–water partition coefficient (Wildman–Crippen LogP) is 1.43. The third kappa shape index (κ3) is 2.75. The number of rotatable bonds is 3. The summed E-state index contributed by atoms with van der Waals surface area (Å²) in [4.78, 5) is 15.1. The molecule has 0 spiro atoms. The second-order valence-corrected chi connectivity index (χ2v) is 3.17. The van der Waals surface area contributed by atoms with Gasteiger partial charge in [-0.15, -0.1) is 11.8 Å². The number of carbonyl (C=O) groups excluding carboxylic acids is 1. The third-order valence-electron chi connectivity index (χ3n) is 1.38. The smallest absolute Gasteiger partial charge is 0.357 e. The molecule has 0 aromatic carbocycles. The number of aromatic nitrogens is 1. The molecule has 1 rings (SSSR count). The Kier molecular flexibility index (Phi) is 3.95. The highest BCUT2D eigenvalue weighted by atomic mass is 32.2. The van der Waals surface area contributed by atoms with Crippen molar-refractivity contribution < 1.29 is 9.53 Å². The number of nitriles is 1. The molecule has 0 atom stereocenters. The van der Waals surface area contributed by atoms with Gasteiger partial charge in [-0.2, -0.15) is 5.26 Å². The average Bonchev–Trinajstić information content (AvgIpc) is 2.26. The van der Waals surface area contributed by atoms with Gasteiger partial charge in [0.25, 0.3) is 0 Å². The van der Waals surface area contributed by atoms with Gasteiger partial charge in [-0.3, -0.25) is 0 Å². The molecule has 1 heterocycles. The zero-order chi connectivity index (χ0) is 10.4. The van der Waals surface area contributed by atoms with Gasteiger partial charge in [-0.25, -0.2) is 9.78 Å². The molecule has 0 amide bonds. The van der Waals surface area contributed by atoms with Crippen molar-refractivity contribution in [3.63, 3.8) is 0 Å². The maximum atomic E-state index is 11.3. The molecular formula is C9H8N2O2S. The Hall–Kier alpha value is -1.54. The van der Waals surface area contributed by atoms with Gasteiger partial charge in [0.2, 0.25) is 0 Å². The normalized spacial score (nSPS) is 9.14. The van der Waals surface area contributed by atoms with Gasteiger partial charge in [-0.1, -0.05) is 6.07 Å². The van der Waals surface area contributed by atoms with Crippen LogP contribution in [-0.2, 0) is 4.74 Å². The van der Waals surface area contributed by atoms with Crippen LogP contribution in [0.5, 0.6) is 0 Å². The zero-order valence-electron chi connectivity index (χ0n) is 7.56. The Balaban J connectivity index is 2.75. The number of pyridine rings is 1. The third-order valence-corrected chi connectivity index (χ3v) is 1.73. The van der Waals surface area contributed by atoms with Crippen LogP contribution in [0.2, 0.25) is 0 Å². The lowest BCUT2D eigenvalue weighted by molar-refractivity contribution is 0.0572. The van der Waals surface area contributed by atoms with Gasteiger partial charge in [-0.05, 0) is 18.4 Å². The minimum Gasteiger partial charge on any atom is -0.450 e. The van der Waals surface area contributed by atoms with E-state index in [1.165, 1.54) is 23.9 Å². The summed E-state index contributed by atoms with van der Waals surface area (Å²) < 4.78 is 4.83. The molecule has 0 unspecified atom stereocenters. The molecule has 0 aliphatic rings. The molecule has 14 heavy (non-hydrogen) atoms. The van der Waals surface area contributed by atoms with Crippen molar-refractivity contribution >= 4 is 17.7 Å². The van der Waals surface area contributed by atoms with Crippen molar-refractivity contribution in [2.24, 2.45) is 0 Å². The monoisotopic (exact) mass is 208 g/mol. The molecule has 0 aliphatic heterocycles. The summed E-state index contributed by atoms with van der Waals surface area (Å²) in [5, 5.41) is 8.55. The first-order valence-electron chi connectivity index (χ1n) is 3.81. The van der Waals surface area contributed by atoms with E-state index >= 15 is 0 Å². The van der Waals surface area contributed by atoms with E-state index in [0.717, 1.165) is 0 Å². The highest BCUT2D eigenvalue weighted by Crippen LogP contribution is 2.02. The maximum Gasteiger partial charge on any atom is 0.357 e. The van der Waals surface area contributed by atoms with Gasteiger partial charge in [0.15, 0.2) is 0 Å². The molecule has 1 aromatic heterocycles. The number of ether oxygens (including phenoxy) is 1. The van der Waals surface area contributed by atoms with Gasteiger partial charge in [0, 0.05) is 0 Å². The predicted molar refractivity (Wildman–Crippen MR) is 52.7 cm³/mol. The summed E-state index contributed by atoms with van der Waals surface area (Å²) in [5.41, 5.74) is 0.377. The number of hydrogen-bond donors (Lipinski definition) is 0. The van der Waals surface area contributed by atoms with Gasteiger partial charge in [0.05, 0.1) is 0 Å². The Labute approximate surface area is 85.9 Å². The van der Waals surface area contributed by atoms with E-state index in [4.69, 9.17) is 10.00 Å². The largest absolute Gasteiger partial charge is 0.450 e. The SMILES string of the molecule is CSCOC(=O)c1cccc(C#N)n1. The molecule has 0 radical (unpaired) electrons. The highest BCUT2D eigenvalue weighted by Gasteiger charge is 2.08. The van der Waals surface area contributed by atoms with Crippen LogP contribution < -0.4 is 0 Å². The molecule has 0 N–H and O–H groups in total. The van der Waals surface area contributed by atoms with Gasteiger partial charge in [0.1, 0.15) is 23.4 Å². The molecule has 5 heteroatoms. The molecular weight excluding hydrogens is 200 g/mol. The Morgan fingerprint density at radius 3 is 3.14 bits per heavy atom. The van der Waals surface area contributed by atoms with Crippen molar-refractivity contribution in [2.75, 3.05) is 12.2 Å². The summed E-state index contributed by atoms with van der Waals surface area (Å²) in [6.07, 6.45) is 1.83. The summed E-state index contributed by atoms with van der Waals surface area (Å²) in [6, 6.07) is 6.50. The fourth-order valence-electron chi connectivity index (χ4n) is 0.797. The first kappa shape index (κ1) is 10.5. The molecule has 0 saturated carbocycles. The van der Waals surface area contributed by atoms with Crippen LogP contribution in [-0.4, -0.2) is 23.1 Å². The summed E-state index contributed by atoms with van der Waals surface area (Å²) in [7, 11) is 0. The molecule has 72 valence electrons. The Morgan fingerprint density at radius 2 is 2.50 bits per heavy atom. The Bertz CT molecular complexity index is 373. The van der Waals surface area contributed by atoms with E-state index < -0.39 is 5.97 Å². The molecule has 0 bridgehead atoms. The van der Waals surface area contributed by atoms with Crippen LogP contribution >= 0.6 is 11.8 Å². The fourth-order valence-corrected chi connectivity index (χ4v) is 1.02. The molecule has 0 aliphatic carbocycles. The quantitative estimate of drug-likeness (QED) is 0.555. The first-order chi connectivity index (χ1) is 6.77. The summed E-state index contributed by atoms with van der Waals surface area (Å²) in [6.45, 7) is 0. The number of hydrogen-bond acceptors (Lipinski definition) is 5. The van der Waals surface area contributed by atoms with Gasteiger partial charge < -0.3 is 4.74 Å². The van der Waals surface area contributed by atoms with Gasteiger partial charge >= 0.3 is 5.97 Å². The highest BCUT2D eigenvalue weighted by molar-refractivity contribution is 7.98. The standard InChI is InChI=1S/C9H8N2O2S/c1-14-6-13-9(12)8-4-2-3-7(5-10)11-8/h2-4H,6H2,1H3. The van der Waals surface area contributed by atoms with Crippen molar-refractivity contribution in [3.8, 4) is 6.07 Å². The van der Waals surface area contributed by atoms with E-state index in [1.807, 2.05) is 12.3 Å². The van der Waals surface area contributed by atoms with Crippen molar-refractivity contribution in [1.29, 1.82) is 5.26 Å². The van der Waals surface area contributed by atoms with Crippen LogP contribution in [0.15, 0.2) is 18.2 Å². The lowest BCUT2D eigenvalue weighted by Crippen LogP contribution is -2.07. The van der Waals surface area contributed by atoms with Crippen LogP contribution in [0.25, 0.3) is 0 Å². The van der Waals surface area contributed by atoms with Crippen molar-refractivity contribution in [1.82, 2.24) is 4.98 Å². The van der Waals surface area contributed by atoms with Crippen molar-refractivity contribution in [2.45, 2.75) is 0 Å². The van der Waals surface area contributed by atoms with Crippen LogP contribution in [0.1, 0.15) is 16.2 Å². The molecule has 0 saturated heterocycles. The maximum absolute atomic E-state index is 11.3. The van der Waals surface area contributed by atoms with Crippen LogP contribution in [0, 0.1) is 11.3 Å². The van der Waals surface area contributed by atoms with E-state index in [9.17, 15) is 4.79 Å². The number of esters is 1. The van der Waals surface area contributed by atoms with E-state index in [2.05, 4.69) is 4.98 Å². The lowest BCUT2D eigenvalue weighted by Gasteiger charge is -2.01. The Morgan fingerprint density at radius 1 is 1.71 bits per heavy atom. The summed E-state index contributed by atoms with van der Waals surface area (Å²) in [5.74, 6) is -0.214. The van der Waals surface area contributed by atoms with Crippen molar-refractivity contribution in [3.05, 3.63) is 29.6 Å². The number of nitrogens with zero attached hydrogens (tertiary/aromatic N) is 2. The molecule has 1 aromatic rings. The topological polar surface area (TPSA) is 63.0 Å². The molecule has 4 nitrogen and oxygen atoms in total. The van der Waals surface area contributed by atoms with E-state index in [-0.39, 0.29) is 17.3 Å². The van der Waals surface area contributed by atoms with Crippen LogP contribution in [0.4, 0.5) is 0 Å². The average molecular weight is 208 g/mol. The minimum absolute atomic E-state index is 0.165. The van der Waals surface area contributed by atoms with E-state index in [0.29, 0.717) is 0 Å². The number of thioether (sulfide) groups is 1. The minimum atomic E-state index is -0.503. The summed E-state index contributed by atoms with van der Waals surface area (Å²) >= 11 is 1.40. The fraction of sp³-hybridized carbons (Fsp3) is 0.222. The second-order valence-electron chi connectivity index (χ2n) is 2.36. The van der Waals surface area contributed by atoms with E-state index in [1.54, 1.807) is 6.07 Å². The molecule has 0 fully saturated rings. The van der Waals surface area contributed by atoms with Crippen LogP contribution in [0.3, 0.4) is 0 Å². The first-order valence-corrected chi connectivity index (χ1v) is 5.20. The number of carbonyl (C=O) groups is 1.